The van der Waals surface area contributed by atoms with Crippen LogP contribution in [0, 0.1) is 17.8 Å². The Hall–Kier alpha value is -0.260. The molecule has 0 aromatic rings. The SMILES string of the molecule is C=C1C(C)C[C@H](C)C1C. The van der Waals surface area contributed by atoms with Crippen LogP contribution in [0.15, 0.2) is 12.2 Å². The van der Waals surface area contributed by atoms with Crippen molar-refractivity contribution in [1.29, 1.82) is 0 Å². The minimum atomic E-state index is 0.764. The summed E-state index contributed by atoms with van der Waals surface area (Å²) in [7, 11) is 0. The lowest BCUT2D eigenvalue weighted by molar-refractivity contribution is 0.481. The molecular formula is C9H16. The van der Waals surface area contributed by atoms with E-state index < -0.39 is 0 Å². The first-order chi connectivity index (χ1) is 4.13. The van der Waals surface area contributed by atoms with Crippen LogP contribution < -0.4 is 0 Å². The molecule has 1 aliphatic rings. The lowest BCUT2D eigenvalue weighted by Gasteiger charge is -2.08. The van der Waals surface area contributed by atoms with Crippen LogP contribution in [0.3, 0.4) is 0 Å². The molecule has 2 unspecified atom stereocenters. The molecule has 9 heavy (non-hydrogen) atoms. The Morgan fingerprint density at radius 2 is 1.89 bits per heavy atom. The Balaban J connectivity index is 2.65. The molecule has 1 rings (SSSR count). The molecule has 0 saturated heterocycles. The molecule has 0 amide bonds. The van der Waals surface area contributed by atoms with Gasteiger partial charge in [-0.1, -0.05) is 32.9 Å². The minimum Gasteiger partial charge on any atom is -0.0993 e. The van der Waals surface area contributed by atoms with E-state index >= 15 is 0 Å². The van der Waals surface area contributed by atoms with Crippen molar-refractivity contribution in [3.8, 4) is 0 Å². The second-order valence-electron chi connectivity index (χ2n) is 3.48. The van der Waals surface area contributed by atoms with E-state index in [0.29, 0.717) is 0 Å². The van der Waals surface area contributed by atoms with Crippen molar-refractivity contribution in [2.45, 2.75) is 27.2 Å². The molecule has 0 radical (unpaired) electrons. The molecule has 0 spiro atoms. The number of allylic oxidation sites excluding steroid dienone is 1. The summed E-state index contributed by atoms with van der Waals surface area (Å²) >= 11 is 0. The van der Waals surface area contributed by atoms with Gasteiger partial charge in [-0.15, -0.1) is 0 Å². The van der Waals surface area contributed by atoms with Crippen LogP contribution in [0.4, 0.5) is 0 Å². The first-order valence-corrected chi connectivity index (χ1v) is 3.81. The van der Waals surface area contributed by atoms with Gasteiger partial charge >= 0.3 is 0 Å². The summed E-state index contributed by atoms with van der Waals surface area (Å²) < 4.78 is 0. The van der Waals surface area contributed by atoms with Gasteiger partial charge in [-0.3, -0.25) is 0 Å². The fourth-order valence-corrected chi connectivity index (χ4v) is 1.73. The molecular weight excluding hydrogens is 108 g/mol. The molecule has 0 aromatic carbocycles. The normalized spacial score (nSPS) is 43.9. The minimum absolute atomic E-state index is 0.764. The van der Waals surface area contributed by atoms with Crippen molar-refractivity contribution < 1.29 is 0 Å². The fraction of sp³-hybridized carbons (Fsp3) is 0.778. The van der Waals surface area contributed by atoms with Gasteiger partial charge in [0.25, 0.3) is 0 Å². The summed E-state index contributed by atoms with van der Waals surface area (Å²) in [6.07, 6.45) is 1.35. The molecule has 0 nitrogen and oxygen atoms in total. The zero-order chi connectivity index (χ0) is 7.02. The lowest BCUT2D eigenvalue weighted by Crippen LogP contribution is -1.98. The summed E-state index contributed by atoms with van der Waals surface area (Å²) in [6, 6.07) is 0. The number of hydrogen-bond donors (Lipinski definition) is 0. The van der Waals surface area contributed by atoms with Gasteiger partial charge in [-0.2, -0.15) is 0 Å². The summed E-state index contributed by atoms with van der Waals surface area (Å²) in [5, 5.41) is 0. The molecule has 0 heterocycles. The third-order valence-electron chi connectivity index (χ3n) is 2.80. The summed E-state index contributed by atoms with van der Waals surface area (Å²) in [5.74, 6) is 2.41. The Morgan fingerprint density at radius 1 is 1.33 bits per heavy atom. The van der Waals surface area contributed by atoms with Gasteiger partial charge in [0, 0.05) is 0 Å². The predicted octanol–water partition coefficient (Wildman–Crippen LogP) is 2.85. The second-order valence-corrected chi connectivity index (χ2v) is 3.48. The molecule has 1 saturated carbocycles. The highest BCUT2D eigenvalue weighted by molar-refractivity contribution is 5.10. The topological polar surface area (TPSA) is 0 Å². The van der Waals surface area contributed by atoms with Gasteiger partial charge < -0.3 is 0 Å². The maximum Gasteiger partial charge on any atom is -0.0206 e. The Bertz CT molecular complexity index is 124. The van der Waals surface area contributed by atoms with Crippen LogP contribution in [0.2, 0.25) is 0 Å². The standard InChI is InChI=1S/C9H16/c1-6-5-7(2)9(4)8(6)3/h6-7,9H,3,5H2,1-2,4H3/t6?,7-,9?/m0/s1. The van der Waals surface area contributed by atoms with Gasteiger partial charge in [0.1, 0.15) is 0 Å². The molecule has 0 N–H and O–H groups in total. The highest BCUT2D eigenvalue weighted by Crippen LogP contribution is 2.38. The van der Waals surface area contributed by atoms with E-state index in [1.807, 2.05) is 0 Å². The van der Waals surface area contributed by atoms with E-state index in [0.717, 1.165) is 17.8 Å². The van der Waals surface area contributed by atoms with Gasteiger partial charge in [-0.05, 0) is 24.2 Å². The highest BCUT2D eigenvalue weighted by atomic mass is 14.3. The van der Waals surface area contributed by atoms with Gasteiger partial charge in [0.05, 0.1) is 0 Å². The van der Waals surface area contributed by atoms with E-state index in [1.54, 1.807) is 0 Å². The molecule has 0 aliphatic heterocycles. The highest BCUT2D eigenvalue weighted by Gasteiger charge is 2.28. The Kier molecular flexibility index (Phi) is 1.65. The maximum absolute atomic E-state index is 4.07. The Morgan fingerprint density at radius 3 is 2.00 bits per heavy atom. The first-order valence-electron chi connectivity index (χ1n) is 3.81. The molecule has 0 aromatic heterocycles. The number of hydrogen-bond acceptors (Lipinski definition) is 0. The van der Waals surface area contributed by atoms with Crippen LogP contribution in [-0.2, 0) is 0 Å². The van der Waals surface area contributed by atoms with Crippen molar-refractivity contribution in [1.82, 2.24) is 0 Å². The molecule has 1 aliphatic carbocycles. The van der Waals surface area contributed by atoms with E-state index in [1.165, 1.54) is 12.0 Å². The predicted molar refractivity (Wildman–Crippen MR) is 41.2 cm³/mol. The maximum atomic E-state index is 4.07. The summed E-state index contributed by atoms with van der Waals surface area (Å²) in [4.78, 5) is 0. The average molecular weight is 124 g/mol. The molecule has 1 fully saturated rings. The molecule has 52 valence electrons. The fourth-order valence-electron chi connectivity index (χ4n) is 1.73. The van der Waals surface area contributed by atoms with Gasteiger partial charge in [0.15, 0.2) is 0 Å². The Labute approximate surface area is 58.0 Å². The van der Waals surface area contributed by atoms with E-state index in [-0.39, 0.29) is 0 Å². The zero-order valence-corrected chi connectivity index (χ0v) is 6.65. The lowest BCUT2D eigenvalue weighted by atomic mass is 9.98. The monoisotopic (exact) mass is 124 g/mol. The van der Waals surface area contributed by atoms with Gasteiger partial charge in [-0.25, -0.2) is 0 Å². The zero-order valence-electron chi connectivity index (χ0n) is 6.65. The third-order valence-corrected chi connectivity index (χ3v) is 2.80. The van der Waals surface area contributed by atoms with E-state index in [9.17, 15) is 0 Å². The van der Waals surface area contributed by atoms with Crippen LogP contribution in [0.5, 0.6) is 0 Å². The van der Waals surface area contributed by atoms with Crippen molar-refractivity contribution in [2.24, 2.45) is 17.8 Å². The number of rotatable bonds is 0. The summed E-state index contributed by atoms with van der Waals surface area (Å²) in [6.45, 7) is 11.0. The summed E-state index contributed by atoms with van der Waals surface area (Å²) in [5.41, 5.74) is 1.46. The second kappa shape index (κ2) is 2.17. The van der Waals surface area contributed by atoms with Crippen molar-refractivity contribution in [3.05, 3.63) is 12.2 Å². The molecule has 0 bridgehead atoms. The van der Waals surface area contributed by atoms with E-state index in [4.69, 9.17) is 0 Å². The quantitative estimate of drug-likeness (QED) is 0.435. The van der Waals surface area contributed by atoms with Crippen LogP contribution in [0.1, 0.15) is 27.2 Å². The smallest absolute Gasteiger partial charge is 0.0206 e. The van der Waals surface area contributed by atoms with Crippen LogP contribution in [0.25, 0.3) is 0 Å². The van der Waals surface area contributed by atoms with Gasteiger partial charge in [0.2, 0.25) is 0 Å². The van der Waals surface area contributed by atoms with Crippen molar-refractivity contribution in [3.63, 3.8) is 0 Å². The van der Waals surface area contributed by atoms with Crippen molar-refractivity contribution in [2.75, 3.05) is 0 Å². The van der Waals surface area contributed by atoms with Crippen molar-refractivity contribution >= 4 is 0 Å². The third kappa shape index (κ3) is 1.03. The average Bonchev–Trinajstić information content (AvgIpc) is 1.98. The van der Waals surface area contributed by atoms with Crippen LogP contribution in [-0.4, -0.2) is 0 Å². The van der Waals surface area contributed by atoms with E-state index in [2.05, 4.69) is 27.4 Å². The largest absolute Gasteiger partial charge is 0.0993 e. The molecule has 0 heteroatoms. The van der Waals surface area contributed by atoms with Crippen LogP contribution >= 0.6 is 0 Å². The first kappa shape index (κ1) is 6.85. The molecule has 3 atom stereocenters.